The lowest BCUT2D eigenvalue weighted by molar-refractivity contribution is 0.593. The topological polar surface area (TPSA) is 18.1 Å². The van der Waals surface area contributed by atoms with E-state index in [-0.39, 0.29) is 5.41 Å². The average molecular weight is 327 g/mol. The monoisotopic (exact) mass is 327 g/mol. The summed E-state index contributed by atoms with van der Waals surface area (Å²) in [6.45, 7) is 6.86. The normalized spacial score (nSPS) is 12.8. The Balaban J connectivity index is 2.17. The molecule has 2 heteroatoms. The molecule has 2 heterocycles. The van der Waals surface area contributed by atoms with E-state index in [9.17, 15) is 0 Å². The molecule has 0 bridgehead atoms. The second-order valence-electron chi connectivity index (χ2n) is 7.95. The van der Waals surface area contributed by atoms with Gasteiger partial charge >= 0.3 is 0 Å². The van der Waals surface area contributed by atoms with Crippen molar-refractivity contribution in [2.24, 2.45) is 7.05 Å². The predicted molar refractivity (Wildman–Crippen MR) is 106 cm³/mol. The Kier molecular flexibility index (Phi) is 2.72. The first-order valence-corrected chi connectivity index (χ1v) is 8.78. The summed E-state index contributed by atoms with van der Waals surface area (Å²) >= 11 is 0. The van der Waals surface area contributed by atoms with Gasteiger partial charge in [0, 0.05) is 28.7 Å². The van der Waals surface area contributed by atoms with Crippen molar-refractivity contribution in [2.45, 2.75) is 26.2 Å². The standard InChI is InChI=1S/C23H21NO/c1-23(2,3)17-13-16-14-9-6-8-12-19(14)25-22(16)20-15-10-5-7-11-18(15)24(4)21(17)20/h5-13H,1-4H3. The summed E-state index contributed by atoms with van der Waals surface area (Å²) in [5.41, 5.74) is 5.89. The van der Waals surface area contributed by atoms with Crippen LogP contribution in [0.15, 0.2) is 59.0 Å². The Bertz CT molecular complexity index is 1280. The van der Waals surface area contributed by atoms with Crippen LogP contribution in [-0.4, -0.2) is 4.57 Å². The van der Waals surface area contributed by atoms with E-state index >= 15 is 0 Å². The van der Waals surface area contributed by atoms with Gasteiger partial charge in [0.05, 0.1) is 10.9 Å². The van der Waals surface area contributed by atoms with E-state index in [1.54, 1.807) is 0 Å². The van der Waals surface area contributed by atoms with Crippen molar-refractivity contribution in [2.75, 3.05) is 0 Å². The molecule has 0 fully saturated rings. The van der Waals surface area contributed by atoms with Crippen LogP contribution in [0.1, 0.15) is 26.3 Å². The first-order chi connectivity index (χ1) is 12.0. The van der Waals surface area contributed by atoms with E-state index < -0.39 is 0 Å². The van der Waals surface area contributed by atoms with Crippen molar-refractivity contribution in [1.29, 1.82) is 0 Å². The third-order valence-electron chi connectivity index (χ3n) is 5.32. The molecule has 2 nitrogen and oxygen atoms in total. The fraction of sp³-hybridized carbons (Fsp3) is 0.217. The van der Waals surface area contributed by atoms with E-state index in [4.69, 9.17) is 4.42 Å². The number of para-hydroxylation sites is 2. The van der Waals surface area contributed by atoms with E-state index in [0.29, 0.717) is 0 Å². The molecule has 0 saturated carbocycles. The summed E-state index contributed by atoms with van der Waals surface area (Å²) in [5.74, 6) is 0. The highest BCUT2D eigenvalue weighted by molar-refractivity contribution is 6.24. The zero-order valence-corrected chi connectivity index (χ0v) is 15.1. The highest BCUT2D eigenvalue weighted by Gasteiger charge is 2.25. The average Bonchev–Trinajstić information content (AvgIpc) is 3.10. The molecule has 124 valence electrons. The minimum absolute atomic E-state index is 0.0486. The third-order valence-corrected chi connectivity index (χ3v) is 5.32. The van der Waals surface area contributed by atoms with Crippen LogP contribution in [-0.2, 0) is 12.5 Å². The van der Waals surface area contributed by atoms with Gasteiger partial charge in [0.2, 0.25) is 0 Å². The Hall–Kier alpha value is -2.74. The first kappa shape index (κ1) is 14.6. The van der Waals surface area contributed by atoms with Gasteiger partial charge in [-0.15, -0.1) is 0 Å². The van der Waals surface area contributed by atoms with Gasteiger partial charge in [-0.2, -0.15) is 0 Å². The zero-order chi connectivity index (χ0) is 17.3. The number of rotatable bonds is 0. The summed E-state index contributed by atoms with van der Waals surface area (Å²) in [7, 11) is 2.16. The van der Waals surface area contributed by atoms with Crippen LogP contribution in [0.5, 0.6) is 0 Å². The Morgan fingerprint density at radius 2 is 1.52 bits per heavy atom. The molecule has 5 aromatic rings. The van der Waals surface area contributed by atoms with Crippen molar-refractivity contribution in [1.82, 2.24) is 4.57 Å². The van der Waals surface area contributed by atoms with Gasteiger partial charge in [-0.1, -0.05) is 57.2 Å². The summed E-state index contributed by atoms with van der Waals surface area (Å²) < 4.78 is 8.66. The molecule has 0 aliphatic carbocycles. The minimum atomic E-state index is 0.0486. The SMILES string of the molecule is Cn1c2ccccc2c2c3oc4ccccc4c3cc(C(C)(C)C)c21. The lowest BCUT2D eigenvalue weighted by Crippen LogP contribution is -2.13. The second kappa shape index (κ2) is 4.66. The molecular formula is C23H21NO. The Labute approximate surface area is 146 Å². The second-order valence-corrected chi connectivity index (χ2v) is 7.95. The van der Waals surface area contributed by atoms with Crippen LogP contribution < -0.4 is 0 Å². The van der Waals surface area contributed by atoms with Crippen molar-refractivity contribution in [3.8, 4) is 0 Å². The van der Waals surface area contributed by atoms with Gasteiger partial charge in [-0.25, -0.2) is 0 Å². The quantitative estimate of drug-likeness (QED) is 0.316. The maximum Gasteiger partial charge on any atom is 0.145 e. The predicted octanol–water partition coefficient (Wildman–Crippen LogP) is 6.53. The molecular weight excluding hydrogens is 306 g/mol. The molecule has 0 spiro atoms. The summed E-state index contributed by atoms with van der Waals surface area (Å²) in [6.07, 6.45) is 0. The van der Waals surface area contributed by atoms with E-state index in [1.807, 2.05) is 6.07 Å². The molecule has 0 unspecified atom stereocenters. The number of nitrogens with zero attached hydrogens (tertiary/aromatic N) is 1. The van der Waals surface area contributed by atoms with Gasteiger partial charge in [0.15, 0.2) is 0 Å². The van der Waals surface area contributed by atoms with Gasteiger partial charge in [-0.05, 0) is 29.2 Å². The molecule has 0 aliphatic heterocycles. The molecule has 3 aromatic carbocycles. The van der Waals surface area contributed by atoms with E-state index in [2.05, 4.69) is 80.9 Å². The van der Waals surface area contributed by atoms with Crippen molar-refractivity contribution in [3.63, 3.8) is 0 Å². The minimum Gasteiger partial charge on any atom is -0.455 e. The molecule has 0 radical (unpaired) electrons. The summed E-state index contributed by atoms with van der Waals surface area (Å²) in [4.78, 5) is 0. The number of benzene rings is 3. The highest BCUT2D eigenvalue weighted by Crippen LogP contribution is 2.43. The molecule has 25 heavy (non-hydrogen) atoms. The van der Waals surface area contributed by atoms with Gasteiger partial charge in [0.1, 0.15) is 11.2 Å². The maximum atomic E-state index is 6.34. The Morgan fingerprint density at radius 1 is 0.840 bits per heavy atom. The van der Waals surface area contributed by atoms with Crippen LogP contribution in [0.4, 0.5) is 0 Å². The first-order valence-electron chi connectivity index (χ1n) is 8.78. The van der Waals surface area contributed by atoms with E-state index in [0.717, 1.165) is 11.2 Å². The van der Waals surface area contributed by atoms with Crippen molar-refractivity contribution < 1.29 is 4.42 Å². The number of fused-ring (bicyclic) bond motifs is 7. The lowest BCUT2D eigenvalue weighted by atomic mass is 9.84. The number of aromatic nitrogens is 1. The van der Waals surface area contributed by atoms with Crippen LogP contribution in [0, 0.1) is 0 Å². The molecule has 0 atom stereocenters. The zero-order valence-electron chi connectivity index (χ0n) is 15.1. The molecule has 5 rings (SSSR count). The number of furan rings is 1. The summed E-state index contributed by atoms with van der Waals surface area (Å²) in [5, 5.41) is 4.90. The third kappa shape index (κ3) is 1.85. The Morgan fingerprint density at radius 3 is 2.28 bits per heavy atom. The van der Waals surface area contributed by atoms with Crippen LogP contribution >= 0.6 is 0 Å². The van der Waals surface area contributed by atoms with Crippen molar-refractivity contribution >= 4 is 43.7 Å². The van der Waals surface area contributed by atoms with E-state index in [1.165, 1.54) is 38.1 Å². The number of hydrogen-bond donors (Lipinski definition) is 0. The van der Waals surface area contributed by atoms with Crippen molar-refractivity contribution in [3.05, 3.63) is 60.2 Å². The van der Waals surface area contributed by atoms with Crippen LogP contribution in [0.2, 0.25) is 0 Å². The number of hydrogen-bond acceptors (Lipinski definition) is 1. The highest BCUT2D eigenvalue weighted by atomic mass is 16.3. The molecule has 0 amide bonds. The largest absolute Gasteiger partial charge is 0.455 e. The van der Waals surface area contributed by atoms with Gasteiger partial charge in [0.25, 0.3) is 0 Å². The van der Waals surface area contributed by atoms with Gasteiger partial charge < -0.3 is 8.98 Å². The molecule has 2 aromatic heterocycles. The van der Waals surface area contributed by atoms with Crippen LogP contribution in [0.25, 0.3) is 43.7 Å². The summed E-state index contributed by atoms with van der Waals surface area (Å²) in [6, 6.07) is 19.3. The molecule has 0 saturated heterocycles. The maximum absolute atomic E-state index is 6.34. The van der Waals surface area contributed by atoms with Crippen LogP contribution in [0.3, 0.4) is 0 Å². The lowest BCUT2D eigenvalue weighted by Gasteiger charge is -2.21. The fourth-order valence-corrected chi connectivity index (χ4v) is 4.12. The molecule has 0 aliphatic rings. The smallest absolute Gasteiger partial charge is 0.145 e. The fourth-order valence-electron chi connectivity index (χ4n) is 4.12. The number of aryl methyl sites for hydroxylation is 1. The van der Waals surface area contributed by atoms with Gasteiger partial charge in [-0.3, -0.25) is 0 Å². The molecule has 0 N–H and O–H groups in total.